The van der Waals surface area contributed by atoms with Gasteiger partial charge in [-0.2, -0.15) is 0 Å². The van der Waals surface area contributed by atoms with Crippen molar-refractivity contribution in [2.24, 2.45) is 0 Å². The van der Waals surface area contributed by atoms with Gasteiger partial charge in [0.15, 0.2) is 0 Å². The maximum absolute atomic E-state index is 13.6. The summed E-state index contributed by atoms with van der Waals surface area (Å²) < 4.78 is 29.7. The first-order valence-corrected chi connectivity index (χ1v) is 12.0. The zero-order valence-electron chi connectivity index (χ0n) is 19.0. The summed E-state index contributed by atoms with van der Waals surface area (Å²) in [7, 11) is -0.551. The summed E-state index contributed by atoms with van der Waals surface area (Å²) in [6.07, 6.45) is 2.94. The number of hydrogen-bond donors (Lipinski definition) is 1. The predicted octanol–water partition coefficient (Wildman–Crippen LogP) is 6.70. The van der Waals surface area contributed by atoms with Crippen molar-refractivity contribution in [2.45, 2.75) is 59.2 Å². The fourth-order valence-corrected chi connectivity index (χ4v) is 4.17. The first-order chi connectivity index (χ1) is 14.6. The van der Waals surface area contributed by atoms with Crippen LogP contribution >= 0.6 is 23.5 Å². The highest BCUT2D eigenvalue weighted by molar-refractivity contribution is 8.00. The number of nitrogens with one attached hydrogen (secondary N) is 1. The summed E-state index contributed by atoms with van der Waals surface area (Å²) in [5, 5.41) is 0.611. The van der Waals surface area contributed by atoms with E-state index in [1.54, 1.807) is 24.1 Å². The Morgan fingerprint density at radius 3 is 2.26 bits per heavy atom. The van der Waals surface area contributed by atoms with E-state index in [4.69, 9.17) is 20.9 Å². The van der Waals surface area contributed by atoms with Crippen molar-refractivity contribution in [2.75, 3.05) is 10.5 Å². The van der Waals surface area contributed by atoms with E-state index < -0.39 is 18.3 Å². The van der Waals surface area contributed by atoms with Crippen LogP contribution in [0, 0.1) is 5.82 Å². The van der Waals surface area contributed by atoms with Crippen LogP contribution in [0.1, 0.15) is 59.1 Å². The summed E-state index contributed by atoms with van der Waals surface area (Å²) in [5.74, 6) is 0.639. The lowest BCUT2D eigenvalue weighted by atomic mass is 9.73. The van der Waals surface area contributed by atoms with Gasteiger partial charge in [-0.25, -0.2) is 4.39 Å². The smallest absolute Gasteiger partial charge is 0.399 e. The van der Waals surface area contributed by atoms with Gasteiger partial charge in [-0.15, -0.1) is 0 Å². The first kappa shape index (κ1) is 24.2. The molecule has 1 aliphatic heterocycles. The summed E-state index contributed by atoms with van der Waals surface area (Å²) in [6.45, 7) is 12.3. The Morgan fingerprint density at radius 1 is 1.10 bits per heavy atom. The second kappa shape index (κ2) is 9.57. The zero-order valence-corrected chi connectivity index (χ0v) is 20.6. The van der Waals surface area contributed by atoms with Crippen LogP contribution in [0.25, 0.3) is 5.57 Å². The van der Waals surface area contributed by atoms with Crippen LogP contribution in [0.4, 0.5) is 10.1 Å². The lowest BCUT2D eigenvalue weighted by Crippen LogP contribution is -2.41. The van der Waals surface area contributed by atoms with E-state index in [2.05, 4.69) is 24.6 Å². The van der Waals surface area contributed by atoms with Gasteiger partial charge in [-0.1, -0.05) is 55.6 Å². The molecule has 31 heavy (non-hydrogen) atoms. The summed E-state index contributed by atoms with van der Waals surface area (Å²) >= 11 is 8.24. The number of allylic oxidation sites excluding steroid dienone is 1. The maximum atomic E-state index is 13.6. The maximum Gasteiger partial charge on any atom is 0.495 e. The monoisotopic (exact) mass is 461 g/mol. The van der Waals surface area contributed by atoms with Crippen molar-refractivity contribution in [1.29, 1.82) is 0 Å². The molecule has 0 atom stereocenters. The van der Waals surface area contributed by atoms with Crippen molar-refractivity contribution in [3.63, 3.8) is 0 Å². The Bertz CT molecular complexity index is 947. The Morgan fingerprint density at radius 2 is 1.71 bits per heavy atom. The minimum absolute atomic E-state index is 0.264. The minimum atomic E-state index is -0.551. The number of hydrogen-bond acceptors (Lipinski definition) is 4. The lowest BCUT2D eigenvalue weighted by Gasteiger charge is -2.32. The molecule has 1 aliphatic rings. The van der Waals surface area contributed by atoms with Gasteiger partial charge >= 0.3 is 7.12 Å². The zero-order chi connectivity index (χ0) is 22.8. The molecule has 3 rings (SSSR count). The third-order valence-corrected chi connectivity index (χ3v) is 6.79. The molecule has 0 radical (unpaired) electrons. The van der Waals surface area contributed by atoms with Gasteiger partial charge in [0.2, 0.25) is 0 Å². The van der Waals surface area contributed by atoms with Crippen LogP contribution in [0.5, 0.6) is 0 Å². The average molecular weight is 462 g/mol. The number of anilines is 1. The van der Waals surface area contributed by atoms with Gasteiger partial charge in [0.25, 0.3) is 0 Å². The lowest BCUT2D eigenvalue weighted by molar-refractivity contribution is 0.00578. The normalized spacial score (nSPS) is 17.8. The summed E-state index contributed by atoms with van der Waals surface area (Å²) in [4.78, 5) is 0. The largest absolute Gasteiger partial charge is 0.495 e. The van der Waals surface area contributed by atoms with Gasteiger partial charge in [0, 0.05) is 5.75 Å². The molecular formula is C24H30BClFNO2S. The van der Waals surface area contributed by atoms with Crippen molar-refractivity contribution in [3.05, 3.63) is 64.4 Å². The van der Waals surface area contributed by atoms with E-state index in [0.717, 1.165) is 40.0 Å². The minimum Gasteiger partial charge on any atom is -0.399 e. The van der Waals surface area contributed by atoms with Crippen molar-refractivity contribution in [3.8, 4) is 0 Å². The van der Waals surface area contributed by atoms with Crippen LogP contribution in [0.3, 0.4) is 0 Å². The van der Waals surface area contributed by atoms with Crippen LogP contribution in [0.15, 0.2) is 42.5 Å². The molecule has 2 aromatic rings. The van der Waals surface area contributed by atoms with Gasteiger partial charge in [0.05, 0.1) is 21.9 Å². The highest BCUT2D eigenvalue weighted by Gasteiger charge is 2.52. The van der Waals surface area contributed by atoms with Crippen LogP contribution in [-0.2, 0) is 9.31 Å². The van der Waals surface area contributed by atoms with Crippen LogP contribution in [-0.4, -0.2) is 24.1 Å². The summed E-state index contributed by atoms with van der Waals surface area (Å²) in [5.41, 5.74) is 3.59. The Labute approximate surface area is 195 Å². The molecule has 0 aliphatic carbocycles. The highest BCUT2D eigenvalue weighted by atomic mass is 35.5. The van der Waals surface area contributed by atoms with Crippen molar-refractivity contribution in [1.82, 2.24) is 0 Å². The third-order valence-electron chi connectivity index (χ3n) is 5.83. The van der Waals surface area contributed by atoms with E-state index in [1.807, 2.05) is 39.8 Å². The molecule has 0 amide bonds. The molecule has 3 nitrogen and oxygen atoms in total. The molecule has 0 unspecified atom stereocenters. The molecule has 0 bridgehead atoms. The first-order valence-electron chi connectivity index (χ1n) is 10.6. The van der Waals surface area contributed by atoms with E-state index in [-0.39, 0.29) is 5.82 Å². The molecule has 0 spiro atoms. The Hall–Kier alpha value is -1.47. The number of halogens is 2. The van der Waals surface area contributed by atoms with E-state index in [1.165, 1.54) is 12.1 Å². The SMILES string of the molecule is CC/C=C(/c1ccc(F)cc1)c1cc(Cl)c(NSCC)cc1B1OC(C)(C)C(C)(C)O1. The Balaban J connectivity index is 2.17. The molecular weight excluding hydrogens is 432 g/mol. The third kappa shape index (κ3) is 5.14. The standard InChI is InChI=1S/C24H30BClFNO2S/c1-7-9-18(16-10-12-17(27)13-11-16)19-14-21(26)22(28-31-8-2)15-20(19)25-29-23(3,4)24(5,6)30-25/h9-15,28H,7-8H2,1-6H3/b18-9-. The van der Waals surface area contributed by atoms with Gasteiger partial charge in [0.1, 0.15) is 5.82 Å². The highest BCUT2D eigenvalue weighted by Crippen LogP contribution is 2.39. The molecule has 7 heteroatoms. The second-order valence-corrected chi connectivity index (χ2v) is 10.1. The molecule has 2 aromatic carbocycles. The quantitative estimate of drug-likeness (QED) is 0.367. The Kier molecular flexibility index (Phi) is 7.47. The van der Waals surface area contributed by atoms with Crippen molar-refractivity contribution >= 4 is 47.4 Å². The number of benzene rings is 2. The molecule has 0 saturated carbocycles. The fourth-order valence-electron chi connectivity index (χ4n) is 3.43. The van der Waals surface area contributed by atoms with Gasteiger partial charge in [-0.05, 0) is 80.5 Å². The van der Waals surface area contributed by atoms with Crippen LogP contribution < -0.4 is 10.2 Å². The van der Waals surface area contributed by atoms with Gasteiger partial charge in [-0.3, -0.25) is 0 Å². The van der Waals surface area contributed by atoms with E-state index in [9.17, 15) is 4.39 Å². The van der Waals surface area contributed by atoms with Crippen molar-refractivity contribution < 1.29 is 13.7 Å². The van der Waals surface area contributed by atoms with E-state index >= 15 is 0 Å². The fraction of sp³-hybridized carbons (Fsp3) is 0.417. The van der Waals surface area contributed by atoms with Gasteiger partial charge < -0.3 is 14.0 Å². The van der Waals surface area contributed by atoms with Crippen LogP contribution in [0.2, 0.25) is 5.02 Å². The molecule has 0 aromatic heterocycles. The second-order valence-electron chi connectivity index (χ2n) is 8.58. The average Bonchev–Trinajstić information content (AvgIpc) is 2.93. The van der Waals surface area contributed by atoms with E-state index in [0.29, 0.717) is 5.02 Å². The number of rotatable bonds is 7. The molecule has 166 valence electrons. The topological polar surface area (TPSA) is 30.5 Å². The molecule has 1 N–H and O–H groups in total. The summed E-state index contributed by atoms with van der Waals surface area (Å²) in [6, 6.07) is 10.5. The predicted molar refractivity (Wildman–Crippen MR) is 133 cm³/mol. The molecule has 1 saturated heterocycles. The molecule has 1 heterocycles. The molecule has 1 fully saturated rings.